The predicted molar refractivity (Wildman–Crippen MR) is 281 cm³/mol. The summed E-state index contributed by atoms with van der Waals surface area (Å²) >= 11 is 0. The molecule has 5 heterocycles. The molecule has 0 saturated heterocycles. The molecule has 8 rings (SSSR count). The third kappa shape index (κ3) is 12.1. The van der Waals surface area contributed by atoms with Gasteiger partial charge < -0.3 is 51.0 Å². The Bertz CT molecular complexity index is 3240. The summed E-state index contributed by atoms with van der Waals surface area (Å²) in [5, 5.41) is 22.2. The molecule has 0 fully saturated rings. The number of hydrogen-bond acceptors (Lipinski definition) is 14. The Morgan fingerprint density at radius 3 is 2.30 bits per heavy atom. The van der Waals surface area contributed by atoms with Crippen LogP contribution in [0.4, 0.5) is 4.39 Å². The van der Waals surface area contributed by atoms with Crippen LogP contribution < -0.4 is 32.6 Å². The zero-order valence-corrected chi connectivity index (χ0v) is 44.6. The van der Waals surface area contributed by atoms with Crippen molar-refractivity contribution < 1.29 is 62.1 Å². The Morgan fingerprint density at radius 2 is 1.62 bits per heavy atom. The highest BCUT2D eigenvalue weighted by Crippen LogP contribution is 2.48. The van der Waals surface area contributed by atoms with E-state index in [0.717, 1.165) is 4.90 Å². The Hall–Kier alpha value is -8.18. The minimum atomic E-state index is -2.14. The van der Waals surface area contributed by atoms with Gasteiger partial charge in [0.25, 0.3) is 17.4 Å². The largest absolute Gasteiger partial charge is 0.458 e. The maximum atomic E-state index is 15.9. The number of ether oxygens (including phenoxy) is 2. The maximum absolute atomic E-state index is 15.9. The van der Waals surface area contributed by atoms with Gasteiger partial charge >= 0.3 is 5.97 Å². The molecule has 2 aromatic carbocycles. The molecule has 0 unspecified atom stereocenters. The van der Waals surface area contributed by atoms with Crippen molar-refractivity contribution in [2.24, 2.45) is 5.73 Å². The van der Waals surface area contributed by atoms with E-state index in [4.69, 9.17) is 20.2 Å². The Labute approximate surface area is 453 Å². The van der Waals surface area contributed by atoms with Crippen molar-refractivity contribution in [1.82, 2.24) is 40.6 Å². The normalized spacial score (nSPS) is 17.8. The van der Waals surface area contributed by atoms with E-state index in [2.05, 4.69) is 21.3 Å². The fourth-order valence-electron chi connectivity index (χ4n) is 10.6. The van der Waals surface area contributed by atoms with E-state index < -0.39 is 102 Å². The summed E-state index contributed by atoms with van der Waals surface area (Å²) in [6, 6.07) is 7.65. The molecule has 7 N–H and O–H groups in total. The average Bonchev–Trinajstić information content (AvgIpc) is 4.22. The summed E-state index contributed by atoms with van der Waals surface area (Å²) in [5.74, 6) is -6.67. The third-order valence-electron chi connectivity index (χ3n) is 14.7. The summed E-state index contributed by atoms with van der Waals surface area (Å²) in [6.45, 7) is 6.03. The number of halogens is 1. The van der Waals surface area contributed by atoms with E-state index >= 15 is 9.18 Å². The van der Waals surface area contributed by atoms with Crippen LogP contribution in [0.25, 0.3) is 22.3 Å². The number of rotatable bonds is 22. The van der Waals surface area contributed by atoms with Gasteiger partial charge in [0.05, 0.1) is 66.9 Å². The molecule has 2 aromatic heterocycles. The minimum Gasteiger partial charge on any atom is -0.458 e. The monoisotopic (exact) mass is 1090 g/mol. The van der Waals surface area contributed by atoms with Crippen LogP contribution in [0.3, 0.4) is 0 Å². The first kappa shape index (κ1) is 57.0. The third-order valence-corrected chi connectivity index (χ3v) is 14.7. The first-order valence-electron chi connectivity index (χ1n) is 26.2. The minimum absolute atomic E-state index is 0.0546. The van der Waals surface area contributed by atoms with E-state index in [1.54, 1.807) is 65.0 Å². The van der Waals surface area contributed by atoms with Crippen LogP contribution in [0, 0.1) is 12.7 Å². The molecule has 4 aromatic rings. The van der Waals surface area contributed by atoms with Gasteiger partial charge in [0, 0.05) is 54.1 Å². The number of aryl methyl sites for hydroxylation is 1. The molecule has 8 amide bonds. The number of aromatic nitrogens is 2. The zero-order chi connectivity index (χ0) is 57.1. The molecule has 4 atom stereocenters. The molecule has 79 heavy (non-hydrogen) atoms. The van der Waals surface area contributed by atoms with Crippen LogP contribution in [-0.4, -0.2) is 128 Å². The molecule has 1 aliphatic carbocycles. The number of carbonyl (C=O) groups is 9. The number of carbonyl (C=O) groups excluding carboxylic acids is 9. The number of cyclic esters (lactones) is 1. The second kappa shape index (κ2) is 23.4. The van der Waals surface area contributed by atoms with E-state index in [1.807, 2.05) is 0 Å². The molecule has 0 bridgehead atoms. The quantitative estimate of drug-likeness (QED) is 0.0326. The molecule has 0 radical (unpaired) electrons. The topological polar surface area (TPSA) is 308 Å². The van der Waals surface area contributed by atoms with Gasteiger partial charge in [0.2, 0.25) is 35.4 Å². The number of primary amides is 1. The lowest BCUT2D eigenvalue weighted by atomic mass is 9.80. The Balaban J connectivity index is 1.02. The second-order valence-electron chi connectivity index (χ2n) is 21.1. The molecular formula is C56H64FN9O13. The lowest BCUT2D eigenvalue weighted by Gasteiger charge is -2.41. The highest BCUT2D eigenvalue weighted by atomic mass is 19.1. The number of unbranched alkanes of at least 4 members (excludes halogenated alkanes) is 2. The number of fused-ring (bicyclic) bond motifs is 5. The average molecular weight is 1090 g/mol. The number of nitrogens with zero attached hydrogens (tertiary/aromatic N) is 4. The maximum Gasteiger partial charge on any atom is 0.343 e. The van der Waals surface area contributed by atoms with Crippen molar-refractivity contribution in [1.29, 1.82) is 0 Å². The predicted octanol–water partition coefficient (Wildman–Crippen LogP) is 1.57. The van der Waals surface area contributed by atoms with Crippen molar-refractivity contribution in [3.8, 4) is 11.4 Å². The van der Waals surface area contributed by atoms with Gasteiger partial charge in [-0.2, -0.15) is 0 Å². The molecule has 418 valence electrons. The van der Waals surface area contributed by atoms with Crippen LogP contribution in [-0.2, 0) is 84.2 Å². The molecular weight excluding hydrogens is 1030 g/mol. The summed E-state index contributed by atoms with van der Waals surface area (Å²) in [4.78, 5) is 140. The molecule has 0 saturated carbocycles. The number of amides is 8. The Kier molecular flexibility index (Phi) is 16.9. The van der Waals surface area contributed by atoms with Crippen molar-refractivity contribution in [2.75, 3.05) is 32.8 Å². The van der Waals surface area contributed by atoms with Crippen molar-refractivity contribution >= 4 is 64.1 Å². The van der Waals surface area contributed by atoms with Crippen LogP contribution in [0.1, 0.15) is 111 Å². The van der Waals surface area contributed by atoms with E-state index in [0.29, 0.717) is 52.5 Å². The lowest BCUT2D eigenvalue weighted by Crippen LogP contribution is -2.57. The molecule has 4 aliphatic rings. The standard InChI is InChI=1S/C56H64FN9O13/c1-6-56(77)35-22-40-50-33(27-65(40)53(75)34(35)28-78-54(56)76)49-39(17-16-32-30(2)36(57)23-37(63-50)48(32)49)66(41(51(58)73)29-79-55(3,4)5)47(72)26-61-52(74)38(21-31-13-9-7-10-14-31)62-44(69)25-60-43(68)24-59-42(67)15-11-8-12-20-64-45(70)18-19-46(64)71/h7,9-10,13-14,18-19,22-23,38-39,41,77H,6,8,11-12,15-17,20-21,24-29H2,1-5H3,(H2,58,73)(H,59,67)(H,60,68)(H,61,74)(H,62,69)/t38-,39-,41-,56-/m0/s1. The Morgan fingerprint density at radius 1 is 0.924 bits per heavy atom. The van der Waals surface area contributed by atoms with Gasteiger partial charge in [-0.15, -0.1) is 0 Å². The first-order valence-corrected chi connectivity index (χ1v) is 26.2. The number of nitrogens with one attached hydrogen (secondary N) is 4. The van der Waals surface area contributed by atoms with Gasteiger partial charge in [-0.25, -0.2) is 14.2 Å². The molecule has 23 heteroatoms. The fraction of sp³-hybridized carbons (Fsp3) is 0.446. The van der Waals surface area contributed by atoms with Crippen molar-refractivity contribution in [2.45, 2.75) is 128 Å². The van der Waals surface area contributed by atoms with E-state index in [9.17, 15) is 48.3 Å². The van der Waals surface area contributed by atoms with Crippen LogP contribution in [0.15, 0.2) is 59.4 Å². The molecule has 3 aliphatic heterocycles. The number of imide groups is 1. The number of hydrogen-bond donors (Lipinski definition) is 6. The van der Waals surface area contributed by atoms with Crippen LogP contribution in [0.5, 0.6) is 0 Å². The van der Waals surface area contributed by atoms with E-state index in [1.165, 1.54) is 33.8 Å². The first-order chi connectivity index (χ1) is 37.5. The SMILES string of the molecule is CC[C@@]1(O)C(=O)OCc2c1cc1n(c2=O)Cc2c-1nc1cc(F)c(C)c3c1c2[C@@H](N(C(=O)CNC(=O)[C@H](Cc1ccccc1)NC(=O)CNC(=O)CNC(=O)CCCCCN1C(=O)C=CC1=O)[C@@H](COC(C)(C)C)C(N)=O)CC3. The molecule has 0 spiro atoms. The van der Waals surface area contributed by atoms with Crippen LogP contribution >= 0.6 is 0 Å². The van der Waals surface area contributed by atoms with Crippen LogP contribution in [0.2, 0.25) is 0 Å². The summed E-state index contributed by atoms with van der Waals surface area (Å²) in [7, 11) is 0. The number of aliphatic hydroxyl groups is 1. The summed E-state index contributed by atoms with van der Waals surface area (Å²) in [5.41, 5.74) is 5.83. The van der Waals surface area contributed by atoms with Crippen molar-refractivity contribution in [3.05, 3.63) is 110 Å². The number of nitrogens with two attached hydrogens (primary N) is 1. The number of esters is 1. The molecule has 22 nitrogen and oxygen atoms in total. The van der Waals surface area contributed by atoms with E-state index in [-0.39, 0.29) is 98.3 Å². The van der Waals surface area contributed by atoms with Crippen molar-refractivity contribution in [3.63, 3.8) is 0 Å². The second-order valence-corrected chi connectivity index (χ2v) is 21.1. The zero-order valence-electron chi connectivity index (χ0n) is 44.6. The van der Waals surface area contributed by atoms with Gasteiger partial charge in [0.15, 0.2) is 5.60 Å². The van der Waals surface area contributed by atoms with Gasteiger partial charge in [-0.1, -0.05) is 43.7 Å². The number of benzene rings is 2. The van der Waals surface area contributed by atoms with Gasteiger partial charge in [0.1, 0.15) is 24.5 Å². The summed E-state index contributed by atoms with van der Waals surface area (Å²) < 4.78 is 28.7. The number of pyridine rings is 2. The van der Waals surface area contributed by atoms with Gasteiger partial charge in [-0.05, 0) is 88.1 Å². The highest BCUT2D eigenvalue weighted by Gasteiger charge is 2.47. The van der Waals surface area contributed by atoms with Gasteiger partial charge in [-0.3, -0.25) is 48.1 Å². The lowest BCUT2D eigenvalue weighted by molar-refractivity contribution is -0.172. The smallest absolute Gasteiger partial charge is 0.343 e. The fourth-order valence-corrected chi connectivity index (χ4v) is 10.6. The highest BCUT2D eigenvalue weighted by molar-refractivity contribution is 6.12. The summed E-state index contributed by atoms with van der Waals surface area (Å²) in [6.07, 6.45) is 4.10.